The monoisotopic (exact) mass is 368 g/mol. The van der Waals surface area contributed by atoms with Gasteiger partial charge in [0.25, 0.3) is 5.91 Å². The standard InChI is InChI=1S/C21H21ClN2O2/c1-2-3-6-13-23-20(25)17-7-4-5-8-18(17)21-24-14-19(26-21)15-9-11-16(22)12-10-15/h4-5,7-12,14H,2-3,6,13H2,1H3,(H,23,25). The molecule has 3 aromatic rings. The van der Waals surface area contributed by atoms with Gasteiger partial charge in [-0.1, -0.05) is 43.5 Å². The number of amides is 1. The third-order valence-electron chi connectivity index (χ3n) is 4.10. The first-order chi connectivity index (χ1) is 12.7. The molecular weight excluding hydrogens is 348 g/mol. The summed E-state index contributed by atoms with van der Waals surface area (Å²) >= 11 is 5.93. The van der Waals surface area contributed by atoms with Crippen LogP contribution in [0.4, 0.5) is 0 Å². The zero-order valence-electron chi connectivity index (χ0n) is 14.7. The molecule has 3 rings (SSSR count). The van der Waals surface area contributed by atoms with Gasteiger partial charge in [0, 0.05) is 22.7 Å². The zero-order chi connectivity index (χ0) is 18.4. The molecule has 5 heteroatoms. The summed E-state index contributed by atoms with van der Waals surface area (Å²) in [4.78, 5) is 16.9. The maximum atomic E-state index is 12.5. The normalized spacial score (nSPS) is 10.7. The van der Waals surface area contributed by atoms with Crippen LogP contribution in [0.2, 0.25) is 5.02 Å². The number of carbonyl (C=O) groups is 1. The number of nitrogens with one attached hydrogen (secondary N) is 1. The molecule has 134 valence electrons. The van der Waals surface area contributed by atoms with Gasteiger partial charge in [0.15, 0.2) is 5.76 Å². The Morgan fingerprint density at radius 2 is 1.88 bits per heavy atom. The Labute approximate surface area is 158 Å². The van der Waals surface area contributed by atoms with E-state index in [2.05, 4.69) is 17.2 Å². The first-order valence-corrected chi connectivity index (χ1v) is 9.16. The van der Waals surface area contributed by atoms with E-state index in [0.29, 0.717) is 34.3 Å². The largest absolute Gasteiger partial charge is 0.436 e. The molecule has 0 saturated carbocycles. The molecule has 1 heterocycles. The van der Waals surface area contributed by atoms with Gasteiger partial charge in [-0.3, -0.25) is 4.79 Å². The number of unbranched alkanes of at least 4 members (excludes halogenated alkanes) is 2. The van der Waals surface area contributed by atoms with Crippen molar-refractivity contribution in [2.45, 2.75) is 26.2 Å². The molecule has 1 N–H and O–H groups in total. The van der Waals surface area contributed by atoms with Gasteiger partial charge in [-0.15, -0.1) is 0 Å². The number of hydrogen-bond acceptors (Lipinski definition) is 3. The minimum Gasteiger partial charge on any atom is -0.436 e. The van der Waals surface area contributed by atoms with Crippen molar-refractivity contribution >= 4 is 17.5 Å². The first-order valence-electron chi connectivity index (χ1n) is 8.78. The second kappa shape index (κ2) is 8.68. The second-order valence-corrected chi connectivity index (χ2v) is 6.48. The molecule has 0 aliphatic rings. The Hall–Kier alpha value is -2.59. The van der Waals surface area contributed by atoms with Gasteiger partial charge in [-0.05, 0) is 42.8 Å². The van der Waals surface area contributed by atoms with Gasteiger partial charge in [0.1, 0.15) is 0 Å². The summed E-state index contributed by atoms with van der Waals surface area (Å²) in [6.45, 7) is 2.81. The Bertz CT molecular complexity index is 872. The average molecular weight is 369 g/mol. The Balaban J connectivity index is 1.82. The minimum absolute atomic E-state index is 0.108. The number of benzene rings is 2. The predicted octanol–water partition coefficient (Wildman–Crippen LogP) is 5.58. The van der Waals surface area contributed by atoms with Crippen molar-refractivity contribution in [2.75, 3.05) is 6.54 Å². The van der Waals surface area contributed by atoms with E-state index in [4.69, 9.17) is 16.0 Å². The van der Waals surface area contributed by atoms with Crippen molar-refractivity contribution in [3.05, 3.63) is 65.3 Å². The van der Waals surface area contributed by atoms with Crippen LogP contribution in [0.5, 0.6) is 0 Å². The van der Waals surface area contributed by atoms with Gasteiger partial charge in [0.2, 0.25) is 5.89 Å². The van der Waals surface area contributed by atoms with Crippen molar-refractivity contribution in [3.8, 4) is 22.8 Å². The van der Waals surface area contributed by atoms with Crippen LogP contribution >= 0.6 is 11.6 Å². The summed E-state index contributed by atoms with van der Waals surface area (Å²) < 4.78 is 5.90. The van der Waals surface area contributed by atoms with E-state index in [0.717, 1.165) is 24.8 Å². The summed E-state index contributed by atoms with van der Waals surface area (Å²) in [6.07, 6.45) is 4.86. The van der Waals surface area contributed by atoms with Gasteiger partial charge < -0.3 is 9.73 Å². The number of carbonyl (C=O) groups excluding carboxylic acids is 1. The molecule has 0 atom stereocenters. The van der Waals surface area contributed by atoms with Gasteiger partial charge >= 0.3 is 0 Å². The molecule has 0 bridgehead atoms. The molecule has 1 aromatic heterocycles. The van der Waals surface area contributed by atoms with Crippen molar-refractivity contribution in [1.82, 2.24) is 10.3 Å². The molecule has 0 unspecified atom stereocenters. The van der Waals surface area contributed by atoms with E-state index in [1.165, 1.54) is 0 Å². The van der Waals surface area contributed by atoms with Crippen LogP contribution in [-0.2, 0) is 0 Å². The first kappa shape index (κ1) is 18.2. The summed E-state index contributed by atoms with van der Waals surface area (Å²) in [5.74, 6) is 0.951. The number of hydrogen-bond donors (Lipinski definition) is 1. The average Bonchev–Trinajstić information content (AvgIpc) is 3.16. The minimum atomic E-state index is -0.108. The summed E-state index contributed by atoms with van der Waals surface area (Å²) in [5, 5.41) is 3.63. The summed E-state index contributed by atoms with van der Waals surface area (Å²) in [6, 6.07) is 14.7. The lowest BCUT2D eigenvalue weighted by Gasteiger charge is -2.08. The highest BCUT2D eigenvalue weighted by Crippen LogP contribution is 2.28. The van der Waals surface area contributed by atoms with Crippen LogP contribution in [0.1, 0.15) is 36.5 Å². The van der Waals surface area contributed by atoms with Crippen molar-refractivity contribution in [3.63, 3.8) is 0 Å². The molecule has 0 aliphatic carbocycles. The van der Waals surface area contributed by atoms with E-state index in [1.54, 1.807) is 24.4 Å². The quantitative estimate of drug-likeness (QED) is 0.553. The molecular formula is C21H21ClN2O2. The third kappa shape index (κ3) is 4.33. The highest BCUT2D eigenvalue weighted by atomic mass is 35.5. The Kier molecular flexibility index (Phi) is 6.08. The van der Waals surface area contributed by atoms with Crippen LogP contribution in [0.3, 0.4) is 0 Å². The smallest absolute Gasteiger partial charge is 0.252 e. The zero-order valence-corrected chi connectivity index (χ0v) is 15.4. The second-order valence-electron chi connectivity index (χ2n) is 6.05. The maximum Gasteiger partial charge on any atom is 0.252 e. The molecule has 4 nitrogen and oxygen atoms in total. The molecule has 0 spiro atoms. The molecule has 1 amide bonds. The van der Waals surface area contributed by atoms with Crippen LogP contribution < -0.4 is 5.32 Å². The number of nitrogens with zero attached hydrogens (tertiary/aromatic N) is 1. The summed E-state index contributed by atoms with van der Waals surface area (Å²) in [7, 11) is 0. The van der Waals surface area contributed by atoms with E-state index < -0.39 is 0 Å². The SMILES string of the molecule is CCCCCNC(=O)c1ccccc1-c1ncc(-c2ccc(Cl)cc2)o1. The number of rotatable bonds is 7. The topological polar surface area (TPSA) is 55.1 Å². The molecule has 26 heavy (non-hydrogen) atoms. The van der Waals surface area contributed by atoms with E-state index in [-0.39, 0.29) is 5.91 Å². The van der Waals surface area contributed by atoms with Crippen molar-refractivity contribution < 1.29 is 9.21 Å². The fourth-order valence-electron chi connectivity index (χ4n) is 2.69. The lowest BCUT2D eigenvalue weighted by Crippen LogP contribution is -2.25. The third-order valence-corrected chi connectivity index (χ3v) is 4.35. The highest BCUT2D eigenvalue weighted by Gasteiger charge is 2.16. The fraction of sp³-hybridized carbons (Fsp3) is 0.238. The van der Waals surface area contributed by atoms with Gasteiger partial charge in [-0.2, -0.15) is 0 Å². The highest BCUT2D eigenvalue weighted by molar-refractivity contribution is 6.30. The van der Waals surface area contributed by atoms with E-state index in [9.17, 15) is 4.79 Å². The maximum absolute atomic E-state index is 12.5. The van der Waals surface area contributed by atoms with Crippen LogP contribution in [0.25, 0.3) is 22.8 Å². The predicted molar refractivity (Wildman–Crippen MR) is 104 cm³/mol. The van der Waals surface area contributed by atoms with Crippen LogP contribution in [-0.4, -0.2) is 17.4 Å². The lowest BCUT2D eigenvalue weighted by molar-refractivity contribution is 0.0953. The van der Waals surface area contributed by atoms with Crippen molar-refractivity contribution in [1.29, 1.82) is 0 Å². The fourth-order valence-corrected chi connectivity index (χ4v) is 2.81. The number of oxazole rings is 1. The van der Waals surface area contributed by atoms with Gasteiger partial charge in [-0.25, -0.2) is 4.98 Å². The van der Waals surface area contributed by atoms with Crippen LogP contribution in [0, 0.1) is 0 Å². The molecule has 0 saturated heterocycles. The lowest BCUT2D eigenvalue weighted by atomic mass is 10.1. The number of halogens is 1. The molecule has 2 aromatic carbocycles. The van der Waals surface area contributed by atoms with E-state index >= 15 is 0 Å². The number of aromatic nitrogens is 1. The van der Waals surface area contributed by atoms with Crippen molar-refractivity contribution in [2.24, 2.45) is 0 Å². The Morgan fingerprint density at radius 1 is 1.12 bits per heavy atom. The molecule has 0 radical (unpaired) electrons. The van der Waals surface area contributed by atoms with Gasteiger partial charge in [0.05, 0.1) is 11.8 Å². The molecule has 0 fully saturated rings. The summed E-state index contributed by atoms with van der Waals surface area (Å²) in [5.41, 5.74) is 2.13. The molecule has 0 aliphatic heterocycles. The van der Waals surface area contributed by atoms with Crippen LogP contribution in [0.15, 0.2) is 59.1 Å². The Morgan fingerprint density at radius 3 is 2.65 bits per heavy atom. The van der Waals surface area contributed by atoms with E-state index in [1.807, 2.05) is 30.3 Å².